The number of aryl methyl sites for hydroxylation is 1. The molecule has 0 spiro atoms. The summed E-state index contributed by atoms with van der Waals surface area (Å²) in [5.41, 5.74) is 0.297. The second-order valence-corrected chi connectivity index (χ2v) is 4.38. The van der Waals surface area contributed by atoms with Gasteiger partial charge in [-0.05, 0) is 26.2 Å². The van der Waals surface area contributed by atoms with Gasteiger partial charge in [-0.25, -0.2) is 14.4 Å². The molecule has 1 saturated heterocycles. The van der Waals surface area contributed by atoms with Gasteiger partial charge in [-0.3, -0.25) is 0 Å². The smallest absolute Gasteiger partial charge is 0.181 e. The van der Waals surface area contributed by atoms with Crippen molar-refractivity contribution in [3.8, 4) is 0 Å². The van der Waals surface area contributed by atoms with E-state index in [0.717, 1.165) is 19.4 Å². The monoisotopic (exact) mass is 244 g/mol. The van der Waals surface area contributed by atoms with Gasteiger partial charge in [0.25, 0.3) is 0 Å². The summed E-state index contributed by atoms with van der Waals surface area (Å²) in [6.07, 6.45) is 4.05. The SMILES string of the molecule is Cc1nc(CC2CCCCO2)nc(Cl)c1F. The Morgan fingerprint density at radius 1 is 1.44 bits per heavy atom. The van der Waals surface area contributed by atoms with Crippen LogP contribution in [-0.2, 0) is 11.2 Å². The van der Waals surface area contributed by atoms with Crippen molar-refractivity contribution in [2.24, 2.45) is 0 Å². The van der Waals surface area contributed by atoms with E-state index in [0.29, 0.717) is 17.9 Å². The van der Waals surface area contributed by atoms with Crippen LogP contribution in [-0.4, -0.2) is 22.7 Å². The topological polar surface area (TPSA) is 35.0 Å². The average molecular weight is 245 g/mol. The number of nitrogens with zero attached hydrogens (tertiary/aromatic N) is 2. The molecule has 1 aromatic rings. The Morgan fingerprint density at radius 3 is 2.88 bits per heavy atom. The average Bonchev–Trinajstić information content (AvgIpc) is 2.27. The van der Waals surface area contributed by atoms with Crippen LogP contribution in [0.2, 0.25) is 5.15 Å². The molecule has 2 heterocycles. The Morgan fingerprint density at radius 2 is 2.25 bits per heavy atom. The molecule has 1 aliphatic rings. The van der Waals surface area contributed by atoms with Crippen LogP contribution >= 0.6 is 11.6 Å². The Hall–Kier alpha value is -0.740. The Kier molecular flexibility index (Phi) is 3.71. The van der Waals surface area contributed by atoms with Crippen LogP contribution < -0.4 is 0 Å². The lowest BCUT2D eigenvalue weighted by Crippen LogP contribution is -2.22. The summed E-state index contributed by atoms with van der Waals surface area (Å²) in [4.78, 5) is 8.00. The number of hydrogen-bond acceptors (Lipinski definition) is 3. The molecular formula is C11H14ClFN2O. The maximum Gasteiger partial charge on any atom is 0.181 e. The number of hydrogen-bond donors (Lipinski definition) is 0. The molecule has 2 rings (SSSR count). The van der Waals surface area contributed by atoms with Gasteiger partial charge >= 0.3 is 0 Å². The summed E-state index contributed by atoms with van der Waals surface area (Å²) >= 11 is 5.67. The molecule has 0 amide bonds. The van der Waals surface area contributed by atoms with Gasteiger partial charge in [0.15, 0.2) is 11.0 Å². The van der Waals surface area contributed by atoms with E-state index in [9.17, 15) is 4.39 Å². The molecular weight excluding hydrogens is 231 g/mol. The lowest BCUT2D eigenvalue weighted by Gasteiger charge is -2.21. The van der Waals surface area contributed by atoms with Crippen molar-refractivity contribution in [2.75, 3.05) is 6.61 Å². The summed E-state index contributed by atoms with van der Waals surface area (Å²) < 4.78 is 18.8. The van der Waals surface area contributed by atoms with Crippen molar-refractivity contribution < 1.29 is 9.13 Å². The van der Waals surface area contributed by atoms with Gasteiger partial charge in [-0.15, -0.1) is 0 Å². The molecule has 3 nitrogen and oxygen atoms in total. The molecule has 0 saturated carbocycles. The highest BCUT2D eigenvalue weighted by Crippen LogP contribution is 2.18. The second-order valence-electron chi connectivity index (χ2n) is 4.02. The zero-order valence-electron chi connectivity index (χ0n) is 9.17. The van der Waals surface area contributed by atoms with Crippen LogP contribution in [0.25, 0.3) is 0 Å². The molecule has 0 radical (unpaired) electrons. The van der Waals surface area contributed by atoms with Crippen molar-refractivity contribution in [1.82, 2.24) is 9.97 Å². The lowest BCUT2D eigenvalue weighted by molar-refractivity contribution is 0.0156. The van der Waals surface area contributed by atoms with Gasteiger partial charge in [0.05, 0.1) is 11.8 Å². The highest BCUT2D eigenvalue weighted by molar-refractivity contribution is 6.29. The van der Waals surface area contributed by atoms with E-state index in [1.165, 1.54) is 6.42 Å². The van der Waals surface area contributed by atoms with Crippen LogP contribution in [0.4, 0.5) is 4.39 Å². The third kappa shape index (κ3) is 2.68. The summed E-state index contributed by atoms with van der Waals surface area (Å²) in [5, 5.41) is -0.0988. The van der Waals surface area contributed by atoms with Crippen LogP contribution in [0.15, 0.2) is 0 Å². The predicted octanol–water partition coefficient (Wildman–Crippen LogP) is 2.69. The maximum absolute atomic E-state index is 13.2. The fraction of sp³-hybridized carbons (Fsp3) is 0.636. The first-order valence-electron chi connectivity index (χ1n) is 5.47. The van der Waals surface area contributed by atoms with E-state index < -0.39 is 5.82 Å². The summed E-state index contributed by atoms with van der Waals surface area (Å²) in [6.45, 7) is 2.38. The van der Waals surface area contributed by atoms with Crippen molar-refractivity contribution in [1.29, 1.82) is 0 Å². The molecule has 1 aliphatic heterocycles. The lowest BCUT2D eigenvalue weighted by atomic mass is 10.1. The van der Waals surface area contributed by atoms with Gasteiger partial charge in [-0.2, -0.15) is 0 Å². The van der Waals surface area contributed by atoms with Gasteiger partial charge in [0.1, 0.15) is 5.82 Å². The largest absolute Gasteiger partial charge is 0.378 e. The summed E-state index contributed by atoms with van der Waals surface area (Å²) in [7, 11) is 0. The Labute approximate surface area is 99.0 Å². The van der Waals surface area contributed by atoms with Crippen molar-refractivity contribution in [2.45, 2.75) is 38.7 Å². The number of halogens is 2. The number of ether oxygens (including phenoxy) is 1. The van der Waals surface area contributed by atoms with E-state index in [1.54, 1.807) is 6.92 Å². The van der Waals surface area contributed by atoms with Gasteiger partial charge < -0.3 is 4.74 Å². The molecule has 1 atom stereocenters. The first kappa shape index (κ1) is 11.7. The Bertz CT molecular complexity index is 357. The molecule has 0 bridgehead atoms. The van der Waals surface area contributed by atoms with Crippen LogP contribution in [0.5, 0.6) is 0 Å². The minimum atomic E-state index is -0.532. The molecule has 5 heteroatoms. The third-order valence-electron chi connectivity index (χ3n) is 2.71. The fourth-order valence-corrected chi connectivity index (χ4v) is 2.08. The zero-order valence-corrected chi connectivity index (χ0v) is 9.93. The van der Waals surface area contributed by atoms with Gasteiger partial charge in [0, 0.05) is 13.0 Å². The quantitative estimate of drug-likeness (QED) is 0.751. The minimum Gasteiger partial charge on any atom is -0.378 e. The van der Waals surface area contributed by atoms with Gasteiger partial charge in [-0.1, -0.05) is 11.6 Å². The second kappa shape index (κ2) is 5.06. The molecule has 0 N–H and O–H groups in total. The molecule has 1 aromatic heterocycles. The molecule has 16 heavy (non-hydrogen) atoms. The van der Waals surface area contributed by atoms with Crippen LogP contribution in [0, 0.1) is 12.7 Å². The molecule has 0 aromatic carbocycles. The maximum atomic E-state index is 13.2. The van der Waals surface area contributed by atoms with E-state index in [4.69, 9.17) is 16.3 Å². The van der Waals surface area contributed by atoms with Crippen molar-refractivity contribution >= 4 is 11.6 Å². The van der Waals surface area contributed by atoms with Crippen molar-refractivity contribution in [3.63, 3.8) is 0 Å². The predicted molar refractivity (Wildman–Crippen MR) is 59.0 cm³/mol. The van der Waals surface area contributed by atoms with E-state index in [1.807, 2.05) is 0 Å². The minimum absolute atomic E-state index is 0.0988. The van der Waals surface area contributed by atoms with Crippen LogP contribution in [0.3, 0.4) is 0 Å². The molecule has 0 aliphatic carbocycles. The third-order valence-corrected chi connectivity index (χ3v) is 2.96. The van der Waals surface area contributed by atoms with E-state index in [-0.39, 0.29) is 11.3 Å². The number of aromatic nitrogens is 2. The summed E-state index contributed by atoms with van der Waals surface area (Å²) in [5.74, 6) is 0.0331. The standard InChI is InChI=1S/C11H14ClFN2O/c1-7-10(13)11(12)15-9(14-7)6-8-4-2-3-5-16-8/h8H,2-6H2,1H3. The number of rotatable bonds is 2. The summed E-state index contributed by atoms with van der Waals surface area (Å²) in [6, 6.07) is 0. The Balaban J connectivity index is 2.09. The fourth-order valence-electron chi connectivity index (χ4n) is 1.84. The first-order valence-corrected chi connectivity index (χ1v) is 5.84. The van der Waals surface area contributed by atoms with Crippen molar-refractivity contribution in [3.05, 3.63) is 22.5 Å². The zero-order chi connectivity index (χ0) is 11.5. The van der Waals surface area contributed by atoms with E-state index in [2.05, 4.69) is 9.97 Å². The normalized spacial score (nSPS) is 21.1. The molecule has 1 fully saturated rings. The van der Waals surface area contributed by atoms with Gasteiger partial charge in [0.2, 0.25) is 0 Å². The highest BCUT2D eigenvalue weighted by Gasteiger charge is 2.17. The molecule has 1 unspecified atom stereocenters. The molecule has 88 valence electrons. The van der Waals surface area contributed by atoms with E-state index >= 15 is 0 Å². The van der Waals surface area contributed by atoms with Crippen LogP contribution in [0.1, 0.15) is 30.8 Å². The highest BCUT2D eigenvalue weighted by atomic mass is 35.5. The first-order chi connectivity index (χ1) is 7.66.